The summed E-state index contributed by atoms with van der Waals surface area (Å²) in [5.74, 6) is 0.320. The van der Waals surface area contributed by atoms with Crippen molar-refractivity contribution in [2.45, 2.75) is 13.3 Å². The first-order chi connectivity index (χ1) is 10.1. The molecule has 4 N–H and O–H groups in total. The fraction of sp³-hybridized carbons (Fsp3) is 0.467. The normalized spacial score (nSPS) is 16.8. The fourth-order valence-corrected chi connectivity index (χ4v) is 2.42. The quantitative estimate of drug-likeness (QED) is 0.780. The van der Waals surface area contributed by atoms with E-state index in [0.29, 0.717) is 24.7 Å². The summed E-state index contributed by atoms with van der Waals surface area (Å²) < 4.78 is 0. The van der Waals surface area contributed by atoms with Crippen LogP contribution in [0.1, 0.15) is 12.0 Å². The van der Waals surface area contributed by atoms with Gasteiger partial charge in [0.15, 0.2) is 0 Å². The minimum atomic E-state index is -0.372. The van der Waals surface area contributed by atoms with Crippen LogP contribution in [0.2, 0.25) is 0 Å². The summed E-state index contributed by atoms with van der Waals surface area (Å²) in [6.45, 7) is 3.98. The molecule has 1 aliphatic heterocycles. The molecule has 7 heteroatoms. The van der Waals surface area contributed by atoms with E-state index in [4.69, 9.17) is 5.73 Å². The number of nitrogens with two attached hydrogens (primary N) is 1. The standard InChI is InChI=1S/C15H22N4O2.ClH/c1-11-3-2-4-13(7-11)18-15(21)17-9-14(20)19-6-5-12(8-16)10-19;/h2-4,7,12H,5-6,8-10,16H2,1H3,(H2,17,18,21);1H. The van der Waals surface area contributed by atoms with Crippen LogP contribution in [-0.4, -0.2) is 43.0 Å². The van der Waals surface area contributed by atoms with Crippen molar-refractivity contribution in [3.63, 3.8) is 0 Å². The van der Waals surface area contributed by atoms with Gasteiger partial charge in [0.2, 0.25) is 5.91 Å². The van der Waals surface area contributed by atoms with Gasteiger partial charge >= 0.3 is 6.03 Å². The molecule has 1 aliphatic rings. The van der Waals surface area contributed by atoms with Crippen molar-refractivity contribution in [1.29, 1.82) is 0 Å². The van der Waals surface area contributed by atoms with Gasteiger partial charge in [-0.15, -0.1) is 12.4 Å². The van der Waals surface area contributed by atoms with Crippen LogP contribution in [0.3, 0.4) is 0 Å². The summed E-state index contributed by atoms with van der Waals surface area (Å²) in [5, 5.41) is 5.30. The van der Waals surface area contributed by atoms with E-state index in [0.717, 1.165) is 18.5 Å². The van der Waals surface area contributed by atoms with Crippen LogP contribution in [0, 0.1) is 12.8 Å². The molecule has 1 fully saturated rings. The highest BCUT2D eigenvalue weighted by Gasteiger charge is 2.25. The lowest BCUT2D eigenvalue weighted by Gasteiger charge is -2.16. The molecule has 1 aromatic carbocycles. The van der Waals surface area contributed by atoms with Crippen molar-refractivity contribution in [3.8, 4) is 0 Å². The highest BCUT2D eigenvalue weighted by molar-refractivity contribution is 5.92. The lowest BCUT2D eigenvalue weighted by atomic mass is 10.1. The Balaban J connectivity index is 0.00000242. The Bertz CT molecular complexity index is 524. The van der Waals surface area contributed by atoms with Crippen molar-refractivity contribution in [2.75, 3.05) is 31.5 Å². The Kier molecular flexibility index (Phi) is 7.14. The number of amides is 3. The Morgan fingerprint density at radius 2 is 2.18 bits per heavy atom. The zero-order valence-corrected chi connectivity index (χ0v) is 13.5. The smallest absolute Gasteiger partial charge is 0.319 e. The van der Waals surface area contributed by atoms with E-state index < -0.39 is 0 Å². The number of halogens is 1. The van der Waals surface area contributed by atoms with E-state index in [1.807, 2.05) is 25.1 Å². The summed E-state index contributed by atoms with van der Waals surface area (Å²) >= 11 is 0. The van der Waals surface area contributed by atoms with E-state index in [9.17, 15) is 9.59 Å². The van der Waals surface area contributed by atoms with Crippen LogP contribution < -0.4 is 16.4 Å². The van der Waals surface area contributed by atoms with Crippen LogP contribution in [0.15, 0.2) is 24.3 Å². The van der Waals surface area contributed by atoms with Crippen molar-refractivity contribution < 1.29 is 9.59 Å². The molecular weight excluding hydrogens is 304 g/mol. The molecule has 3 amide bonds. The van der Waals surface area contributed by atoms with E-state index in [1.165, 1.54) is 0 Å². The Labute approximate surface area is 136 Å². The van der Waals surface area contributed by atoms with Crippen molar-refractivity contribution in [2.24, 2.45) is 11.7 Å². The second-order valence-electron chi connectivity index (χ2n) is 5.41. The van der Waals surface area contributed by atoms with Crippen LogP contribution in [-0.2, 0) is 4.79 Å². The third-order valence-corrected chi connectivity index (χ3v) is 3.65. The number of benzene rings is 1. The molecular formula is C15H23ClN4O2. The van der Waals surface area contributed by atoms with Gasteiger partial charge in [-0.05, 0) is 43.5 Å². The largest absolute Gasteiger partial charge is 0.341 e. The zero-order chi connectivity index (χ0) is 15.2. The molecule has 0 spiro atoms. The second-order valence-corrected chi connectivity index (χ2v) is 5.41. The lowest BCUT2D eigenvalue weighted by Crippen LogP contribution is -2.40. The number of likely N-dealkylation sites (tertiary alicyclic amines) is 1. The number of anilines is 1. The Morgan fingerprint density at radius 1 is 1.41 bits per heavy atom. The van der Waals surface area contributed by atoms with Gasteiger partial charge in [0.05, 0.1) is 6.54 Å². The van der Waals surface area contributed by atoms with Gasteiger partial charge in [-0.3, -0.25) is 4.79 Å². The summed E-state index contributed by atoms with van der Waals surface area (Å²) in [6, 6.07) is 7.12. The van der Waals surface area contributed by atoms with E-state index in [-0.39, 0.29) is 30.9 Å². The van der Waals surface area contributed by atoms with E-state index in [1.54, 1.807) is 11.0 Å². The molecule has 0 bridgehead atoms. The number of aryl methyl sites for hydroxylation is 1. The molecule has 1 aromatic rings. The van der Waals surface area contributed by atoms with Crippen LogP contribution in [0.4, 0.5) is 10.5 Å². The van der Waals surface area contributed by atoms with Gasteiger partial charge in [0.1, 0.15) is 0 Å². The third kappa shape index (κ3) is 5.20. The molecule has 122 valence electrons. The summed E-state index contributed by atoms with van der Waals surface area (Å²) in [7, 11) is 0. The van der Waals surface area contributed by atoms with Gasteiger partial charge < -0.3 is 21.3 Å². The molecule has 22 heavy (non-hydrogen) atoms. The van der Waals surface area contributed by atoms with Crippen LogP contribution in [0.25, 0.3) is 0 Å². The maximum Gasteiger partial charge on any atom is 0.319 e. The van der Waals surface area contributed by atoms with Gasteiger partial charge in [0.25, 0.3) is 0 Å². The monoisotopic (exact) mass is 326 g/mol. The van der Waals surface area contributed by atoms with Gasteiger partial charge in [-0.1, -0.05) is 12.1 Å². The molecule has 2 rings (SSSR count). The van der Waals surface area contributed by atoms with E-state index >= 15 is 0 Å². The van der Waals surface area contributed by atoms with Crippen molar-refractivity contribution in [1.82, 2.24) is 10.2 Å². The summed E-state index contributed by atoms with van der Waals surface area (Å²) in [4.78, 5) is 25.5. The Hall–Kier alpha value is -1.79. The predicted molar refractivity (Wildman–Crippen MR) is 89.2 cm³/mol. The molecule has 0 radical (unpaired) electrons. The van der Waals surface area contributed by atoms with Gasteiger partial charge in [0, 0.05) is 18.8 Å². The number of nitrogens with zero attached hydrogens (tertiary/aromatic N) is 1. The SMILES string of the molecule is Cc1cccc(NC(=O)NCC(=O)N2CCC(CN)C2)c1.Cl. The molecule has 0 aromatic heterocycles. The van der Waals surface area contributed by atoms with Crippen molar-refractivity contribution >= 4 is 30.0 Å². The van der Waals surface area contributed by atoms with Crippen LogP contribution in [0.5, 0.6) is 0 Å². The number of hydrogen-bond donors (Lipinski definition) is 3. The maximum atomic E-state index is 12.0. The average Bonchev–Trinajstić information content (AvgIpc) is 2.94. The zero-order valence-electron chi connectivity index (χ0n) is 12.7. The number of carbonyl (C=O) groups excluding carboxylic acids is 2. The number of carbonyl (C=O) groups is 2. The highest BCUT2D eigenvalue weighted by Crippen LogP contribution is 2.14. The second kappa shape index (κ2) is 8.60. The molecule has 1 saturated heterocycles. The number of nitrogens with one attached hydrogen (secondary N) is 2. The molecule has 0 aliphatic carbocycles. The van der Waals surface area contributed by atoms with Gasteiger partial charge in [-0.25, -0.2) is 4.79 Å². The van der Waals surface area contributed by atoms with Crippen molar-refractivity contribution in [3.05, 3.63) is 29.8 Å². The minimum absolute atomic E-state index is 0. The number of rotatable bonds is 4. The number of urea groups is 1. The summed E-state index contributed by atoms with van der Waals surface area (Å²) in [5.41, 5.74) is 7.37. The third-order valence-electron chi connectivity index (χ3n) is 3.65. The topological polar surface area (TPSA) is 87.5 Å². The minimum Gasteiger partial charge on any atom is -0.341 e. The average molecular weight is 327 g/mol. The van der Waals surface area contributed by atoms with E-state index in [2.05, 4.69) is 10.6 Å². The van der Waals surface area contributed by atoms with Gasteiger partial charge in [-0.2, -0.15) is 0 Å². The molecule has 1 unspecified atom stereocenters. The number of hydrogen-bond acceptors (Lipinski definition) is 3. The highest BCUT2D eigenvalue weighted by atomic mass is 35.5. The molecule has 6 nitrogen and oxygen atoms in total. The molecule has 1 heterocycles. The first kappa shape index (κ1) is 18.3. The first-order valence-corrected chi connectivity index (χ1v) is 7.18. The lowest BCUT2D eigenvalue weighted by molar-refractivity contribution is -0.129. The molecule has 0 saturated carbocycles. The first-order valence-electron chi connectivity index (χ1n) is 7.18. The molecule has 1 atom stereocenters. The predicted octanol–water partition coefficient (Wildman–Crippen LogP) is 1.35. The fourth-order valence-electron chi connectivity index (χ4n) is 2.42. The Morgan fingerprint density at radius 3 is 2.82 bits per heavy atom. The maximum absolute atomic E-state index is 12.0. The summed E-state index contributed by atoms with van der Waals surface area (Å²) in [6.07, 6.45) is 0.942. The van der Waals surface area contributed by atoms with Crippen LogP contribution >= 0.6 is 12.4 Å².